The first-order valence-electron chi connectivity index (χ1n) is 4.22. The highest BCUT2D eigenvalue weighted by Crippen LogP contribution is 2.25. The summed E-state index contributed by atoms with van der Waals surface area (Å²) < 4.78 is 0. The van der Waals surface area contributed by atoms with Crippen molar-refractivity contribution >= 4 is 11.6 Å². The lowest BCUT2D eigenvalue weighted by Gasteiger charge is -2.16. The van der Waals surface area contributed by atoms with E-state index in [1.165, 1.54) is 0 Å². The van der Waals surface area contributed by atoms with Gasteiger partial charge in [-0.15, -0.1) is 0 Å². The molecule has 0 saturated carbocycles. The van der Waals surface area contributed by atoms with Gasteiger partial charge >= 0.3 is 0 Å². The van der Waals surface area contributed by atoms with Gasteiger partial charge in [-0.1, -0.05) is 23.7 Å². The van der Waals surface area contributed by atoms with Crippen LogP contribution in [0, 0.1) is 6.92 Å². The molecule has 0 unspecified atom stereocenters. The van der Waals surface area contributed by atoms with Crippen LogP contribution in [0.3, 0.4) is 0 Å². The smallest absolute Gasteiger partial charge is 0.0952 e. The first-order chi connectivity index (χ1) is 6.02. The maximum absolute atomic E-state index is 9.66. The molecular formula is C10H14ClNO. The van der Waals surface area contributed by atoms with E-state index in [1.54, 1.807) is 6.92 Å². The minimum absolute atomic E-state index is 0.305. The van der Waals surface area contributed by atoms with Crippen molar-refractivity contribution in [3.05, 3.63) is 34.3 Å². The predicted molar refractivity (Wildman–Crippen MR) is 54.8 cm³/mol. The van der Waals surface area contributed by atoms with Gasteiger partial charge in [-0.3, -0.25) is 0 Å². The van der Waals surface area contributed by atoms with Crippen LogP contribution in [-0.4, -0.2) is 11.1 Å². The minimum Gasteiger partial charge on any atom is -0.387 e. The molecule has 0 bridgehead atoms. The van der Waals surface area contributed by atoms with Crippen LogP contribution in [0.25, 0.3) is 0 Å². The molecule has 72 valence electrons. The van der Waals surface area contributed by atoms with Gasteiger partial charge in [0.15, 0.2) is 0 Å². The summed E-state index contributed by atoms with van der Waals surface area (Å²) in [6, 6.07) is 5.24. The first kappa shape index (κ1) is 10.5. The van der Waals surface area contributed by atoms with E-state index in [1.807, 2.05) is 25.1 Å². The Bertz CT molecular complexity index is 299. The molecule has 13 heavy (non-hydrogen) atoms. The fourth-order valence-corrected chi connectivity index (χ4v) is 1.50. The number of halogens is 1. The van der Waals surface area contributed by atoms with Crippen LogP contribution in [0.5, 0.6) is 0 Å². The Kier molecular flexibility index (Phi) is 3.31. The molecule has 0 spiro atoms. The number of hydrogen-bond acceptors (Lipinski definition) is 2. The molecule has 0 radical (unpaired) electrons. The molecule has 0 aromatic heterocycles. The second kappa shape index (κ2) is 4.09. The van der Waals surface area contributed by atoms with Crippen molar-refractivity contribution in [2.75, 3.05) is 0 Å². The molecular weight excluding hydrogens is 186 g/mol. The fourth-order valence-electron chi connectivity index (χ4n) is 1.16. The van der Waals surface area contributed by atoms with Crippen molar-refractivity contribution in [3.63, 3.8) is 0 Å². The maximum atomic E-state index is 9.66. The largest absolute Gasteiger partial charge is 0.387 e. The van der Waals surface area contributed by atoms with Crippen molar-refractivity contribution in [2.24, 2.45) is 5.73 Å². The van der Waals surface area contributed by atoms with Crippen LogP contribution < -0.4 is 5.73 Å². The Morgan fingerprint density at radius 3 is 2.54 bits per heavy atom. The molecule has 0 amide bonds. The Morgan fingerprint density at radius 2 is 2.08 bits per heavy atom. The van der Waals surface area contributed by atoms with E-state index in [2.05, 4.69) is 0 Å². The summed E-state index contributed by atoms with van der Waals surface area (Å²) in [5, 5.41) is 10.2. The van der Waals surface area contributed by atoms with Gasteiger partial charge in [-0.25, -0.2) is 0 Å². The van der Waals surface area contributed by atoms with Crippen molar-refractivity contribution in [2.45, 2.75) is 26.0 Å². The van der Waals surface area contributed by atoms with E-state index in [-0.39, 0.29) is 6.04 Å². The SMILES string of the molecule is Cc1ccc([C@H](O)[C@@H](C)N)c(Cl)c1. The number of aryl methyl sites for hydroxylation is 1. The summed E-state index contributed by atoms with van der Waals surface area (Å²) in [5.41, 5.74) is 7.34. The van der Waals surface area contributed by atoms with Crippen molar-refractivity contribution < 1.29 is 5.11 Å². The van der Waals surface area contributed by atoms with Crippen LogP contribution in [0.2, 0.25) is 5.02 Å². The van der Waals surface area contributed by atoms with Crippen molar-refractivity contribution in [1.82, 2.24) is 0 Å². The summed E-state index contributed by atoms with van der Waals surface area (Å²) in [5.74, 6) is 0. The molecule has 1 rings (SSSR count). The lowest BCUT2D eigenvalue weighted by molar-refractivity contribution is 0.153. The molecule has 0 aliphatic rings. The highest BCUT2D eigenvalue weighted by molar-refractivity contribution is 6.31. The molecule has 1 aromatic carbocycles. The zero-order valence-corrected chi connectivity index (χ0v) is 8.55. The first-order valence-corrected chi connectivity index (χ1v) is 4.60. The van der Waals surface area contributed by atoms with Gasteiger partial charge in [0.1, 0.15) is 0 Å². The van der Waals surface area contributed by atoms with E-state index < -0.39 is 6.10 Å². The number of rotatable bonds is 2. The van der Waals surface area contributed by atoms with Crippen LogP contribution >= 0.6 is 11.6 Å². The van der Waals surface area contributed by atoms with Gasteiger partial charge < -0.3 is 10.8 Å². The number of aliphatic hydroxyl groups is 1. The van der Waals surface area contributed by atoms with E-state index in [0.717, 1.165) is 5.56 Å². The zero-order valence-electron chi connectivity index (χ0n) is 7.79. The second-order valence-corrected chi connectivity index (χ2v) is 3.74. The average molecular weight is 200 g/mol. The van der Waals surface area contributed by atoms with Crippen molar-refractivity contribution in [3.8, 4) is 0 Å². The van der Waals surface area contributed by atoms with Gasteiger partial charge in [0, 0.05) is 16.6 Å². The quantitative estimate of drug-likeness (QED) is 0.766. The summed E-state index contributed by atoms with van der Waals surface area (Å²) >= 11 is 5.95. The van der Waals surface area contributed by atoms with E-state index in [4.69, 9.17) is 17.3 Å². The highest BCUT2D eigenvalue weighted by Gasteiger charge is 2.15. The fraction of sp³-hybridized carbons (Fsp3) is 0.400. The molecule has 1 aromatic rings. The van der Waals surface area contributed by atoms with Crippen LogP contribution in [0.15, 0.2) is 18.2 Å². The molecule has 2 nitrogen and oxygen atoms in total. The van der Waals surface area contributed by atoms with Crippen LogP contribution in [0.1, 0.15) is 24.2 Å². The summed E-state index contributed by atoms with van der Waals surface area (Å²) in [7, 11) is 0. The maximum Gasteiger partial charge on any atom is 0.0952 e. The minimum atomic E-state index is -0.687. The second-order valence-electron chi connectivity index (χ2n) is 3.33. The Balaban J connectivity index is 3.01. The van der Waals surface area contributed by atoms with Gasteiger partial charge in [0.2, 0.25) is 0 Å². The molecule has 2 atom stereocenters. The Hall–Kier alpha value is -0.570. The van der Waals surface area contributed by atoms with Gasteiger partial charge in [0.25, 0.3) is 0 Å². The topological polar surface area (TPSA) is 46.2 Å². The van der Waals surface area contributed by atoms with E-state index in [9.17, 15) is 5.11 Å². The third-order valence-corrected chi connectivity index (χ3v) is 2.30. The van der Waals surface area contributed by atoms with Gasteiger partial charge in [0.05, 0.1) is 6.10 Å². The molecule has 0 saturated heterocycles. The number of nitrogens with two attached hydrogens (primary N) is 1. The molecule has 0 aliphatic heterocycles. The van der Waals surface area contributed by atoms with E-state index in [0.29, 0.717) is 10.6 Å². The van der Waals surface area contributed by atoms with Gasteiger partial charge in [-0.05, 0) is 25.5 Å². The van der Waals surface area contributed by atoms with E-state index >= 15 is 0 Å². The monoisotopic (exact) mass is 199 g/mol. The van der Waals surface area contributed by atoms with Crippen molar-refractivity contribution in [1.29, 1.82) is 0 Å². The Morgan fingerprint density at radius 1 is 1.46 bits per heavy atom. The standard InChI is InChI=1S/C10H14ClNO/c1-6-3-4-8(9(11)5-6)10(13)7(2)12/h3-5,7,10,13H,12H2,1-2H3/t7-,10-/m1/s1. The predicted octanol–water partition coefficient (Wildman–Crippen LogP) is 2.03. The third kappa shape index (κ3) is 2.44. The third-order valence-electron chi connectivity index (χ3n) is 1.97. The van der Waals surface area contributed by atoms with Crippen LogP contribution in [0.4, 0.5) is 0 Å². The summed E-state index contributed by atoms with van der Waals surface area (Å²) in [6.45, 7) is 3.70. The van der Waals surface area contributed by atoms with Crippen LogP contribution in [-0.2, 0) is 0 Å². The lowest BCUT2D eigenvalue weighted by Crippen LogP contribution is -2.24. The molecule has 0 heterocycles. The number of hydrogen-bond donors (Lipinski definition) is 2. The lowest BCUT2D eigenvalue weighted by atomic mass is 10.0. The summed E-state index contributed by atoms with van der Waals surface area (Å²) in [6.07, 6.45) is -0.687. The van der Waals surface area contributed by atoms with Gasteiger partial charge in [-0.2, -0.15) is 0 Å². The number of aliphatic hydroxyl groups excluding tert-OH is 1. The normalized spacial score (nSPS) is 15.5. The zero-order chi connectivity index (χ0) is 10.0. The molecule has 0 fully saturated rings. The molecule has 3 N–H and O–H groups in total. The summed E-state index contributed by atoms with van der Waals surface area (Å²) in [4.78, 5) is 0. The molecule has 3 heteroatoms. The average Bonchev–Trinajstić information content (AvgIpc) is 2.03. The highest BCUT2D eigenvalue weighted by atomic mass is 35.5. The Labute approximate surface area is 83.3 Å². The molecule has 0 aliphatic carbocycles. The number of benzene rings is 1.